The van der Waals surface area contributed by atoms with Crippen LogP contribution < -0.4 is 5.32 Å². The van der Waals surface area contributed by atoms with Crippen LogP contribution in [0.5, 0.6) is 0 Å². The molecule has 0 aliphatic rings. The van der Waals surface area contributed by atoms with Crippen molar-refractivity contribution in [3.05, 3.63) is 65.4 Å². The second-order valence-corrected chi connectivity index (χ2v) is 6.77. The minimum absolute atomic E-state index is 0.0522. The molecule has 0 saturated heterocycles. The van der Waals surface area contributed by atoms with Crippen LogP contribution in [-0.2, 0) is 19.3 Å². The Balaban J connectivity index is 1.85. The Hall–Kier alpha value is -2.83. The molecule has 0 atom stereocenters. The number of carbonyl (C=O) groups is 1. The van der Waals surface area contributed by atoms with Gasteiger partial charge in [-0.25, -0.2) is 0 Å². The Bertz CT molecular complexity index is 961. The third kappa shape index (κ3) is 4.13. The van der Waals surface area contributed by atoms with Gasteiger partial charge >= 0.3 is 6.18 Å². The molecule has 3 aromatic rings. The minimum atomic E-state index is -4.58. The second-order valence-electron chi connectivity index (χ2n) is 6.77. The molecule has 0 fully saturated rings. The summed E-state index contributed by atoms with van der Waals surface area (Å²) in [5, 5.41) is 8.00. The number of para-hydroxylation sites is 1. The first kappa shape index (κ1) is 18.9. The maximum Gasteiger partial charge on any atom is 0.417 e. The molecule has 0 aliphatic heterocycles. The Kier molecular flexibility index (Phi) is 5.21. The molecule has 1 heterocycles. The van der Waals surface area contributed by atoms with Crippen molar-refractivity contribution in [3.63, 3.8) is 0 Å². The largest absolute Gasteiger partial charge is 0.417 e. The van der Waals surface area contributed by atoms with Crippen LogP contribution in [0.4, 0.5) is 13.2 Å². The van der Waals surface area contributed by atoms with E-state index < -0.39 is 23.2 Å². The number of aromatic nitrogens is 2. The highest BCUT2D eigenvalue weighted by molar-refractivity contribution is 5.96. The fourth-order valence-electron chi connectivity index (χ4n) is 3.00. The normalized spacial score (nSPS) is 11.9. The average Bonchev–Trinajstić information content (AvgIpc) is 2.96. The predicted molar refractivity (Wildman–Crippen MR) is 97.2 cm³/mol. The lowest BCUT2D eigenvalue weighted by Gasteiger charge is -2.12. The minimum Gasteiger partial charge on any atom is -0.346 e. The highest BCUT2D eigenvalue weighted by atomic mass is 19.4. The van der Waals surface area contributed by atoms with E-state index in [0.29, 0.717) is 18.2 Å². The van der Waals surface area contributed by atoms with Gasteiger partial charge in [0, 0.05) is 11.9 Å². The Morgan fingerprint density at radius 1 is 1.11 bits per heavy atom. The fourth-order valence-corrected chi connectivity index (χ4v) is 3.00. The monoisotopic (exact) mass is 375 g/mol. The molecule has 0 spiro atoms. The first-order chi connectivity index (χ1) is 12.8. The lowest BCUT2D eigenvalue weighted by Crippen LogP contribution is -2.26. The van der Waals surface area contributed by atoms with Gasteiger partial charge in [0.1, 0.15) is 0 Å². The molecule has 1 aromatic heterocycles. The van der Waals surface area contributed by atoms with E-state index in [4.69, 9.17) is 0 Å². The van der Waals surface area contributed by atoms with E-state index in [2.05, 4.69) is 24.3 Å². The van der Waals surface area contributed by atoms with E-state index in [1.807, 2.05) is 28.9 Å². The molecule has 7 heteroatoms. The number of halogens is 3. The van der Waals surface area contributed by atoms with Gasteiger partial charge in [-0.05, 0) is 24.1 Å². The molecule has 0 saturated carbocycles. The van der Waals surface area contributed by atoms with Crippen LogP contribution in [0.1, 0.15) is 35.5 Å². The molecule has 4 nitrogen and oxygen atoms in total. The maximum atomic E-state index is 13.1. The smallest absolute Gasteiger partial charge is 0.346 e. The van der Waals surface area contributed by atoms with Gasteiger partial charge in [-0.15, -0.1) is 0 Å². The third-order valence-corrected chi connectivity index (χ3v) is 4.17. The summed E-state index contributed by atoms with van der Waals surface area (Å²) < 4.78 is 41.2. The zero-order valence-corrected chi connectivity index (χ0v) is 15.0. The molecule has 2 aromatic carbocycles. The van der Waals surface area contributed by atoms with Crippen LogP contribution >= 0.6 is 0 Å². The number of carbonyl (C=O) groups excluding carboxylic acids is 1. The number of fused-ring (bicyclic) bond motifs is 1. The van der Waals surface area contributed by atoms with Crippen molar-refractivity contribution in [1.82, 2.24) is 15.1 Å². The van der Waals surface area contributed by atoms with E-state index in [9.17, 15) is 18.0 Å². The van der Waals surface area contributed by atoms with Gasteiger partial charge in [-0.1, -0.05) is 44.2 Å². The number of rotatable bonds is 5. The van der Waals surface area contributed by atoms with Gasteiger partial charge in [0.05, 0.1) is 28.9 Å². The summed E-state index contributed by atoms with van der Waals surface area (Å²) in [6.45, 7) is 4.92. The zero-order valence-electron chi connectivity index (χ0n) is 15.0. The van der Waals surface area contributed by atoms with E-state index in [0.717, 1.165) is 17.0 Å². The van der Waals surface area contributed by atoms with Gasteiger partial charge in [0.15, 0.2) is 0 Å². The summed E-state index contributed by atoms with van der Waals surface area (Å²) in [5.74, 6) is -0.389. The topological polar surface area (TPSA) is 46.9 Å². The molecule has 0 unspecified atom stereocenters. The van der Waals surface area contributed by atoms with Crippen LogP contribution in [0.2, 0.25) is 0 Å². The lowest BCUT2D eigenvalue weighted by molar-refractivity contribution is -0.137. The highest BCUT2D eigenvalue weighted by Gasteiger charge is 2.34. The molecule has 0 aliphatic carbocycles. The number of hydrogen-bond acceptors (Lipinski definition) is 2. The molecule has 142 valence electrons. The summed E-state index contributed by atoms with van der Waals surface area (Å²) in [7, 11) is 0. The standard InChI is InChI=1S/C20H20F3N3O/c1-13(2)12-26-18-10-6-4-8-15(18)17(25-26)11-24-19(27)14-7-3-5-9-16(14)20(21,22)23/h3-10,13H,11-12H2,1-2H3,(H,24,27). The van der Waals surface area contributed by atoms with Crippen molar-refractivity contribution < 1.29 is 18.0 Å². The van der Waals surface area contributed by atoms with Crippen molar-refractivity contribution in [2.75, 3.05) is 0 Å². The number of nitrogens with one attached hydrogen (secondary N) is 1. The van der Waals surface area contributed by atoms with Crippen molar-refractivity contribution in [1.29, 1.82) is 0 Å². The first-order valence-corrected chi connectivity index (χ1v) is 8.66. The Morgan fingerprint density at radius 3 is 2.48 bits per heavy atom. The molecule has 0 bridgehead atoms. The van der Waals surface area contributed by atoms with Crippen LogP contribution in [0.25, 0.3) is 10.9 Å². The van der Waals surface area contributed by atoms with Crippen molar-refractivity contribution >= 4 is 16.8 Å². The fraction of sp³-hybridized carbons (Fsp3) is 0.300. The lowest BCUT2D eigenvalue weighted by atomic mass is 10.1. The second kappa shape index (κ2) is 7.42. The summed E-state index contributed by atoms with van der Waals surface area (Å²) in [6, 6.07) is 12.4. The first-order valence-electron chi connectivity index (χ1n) is 8.66. The van der Waals surface area contributed by atoms with Crippen molar-refractivity contribution in [2.24, 2.45) is 5.92 Å². The van der Waals surface area contributed by atoms with Crippen LogP contribution in [0.3, 0.4) is 0 Å². The van der Waals surface area contributed by atoms with Gasteiger partial charge in [0.25, 0.3) is 5.91 Å². The summed E-state index contributed by atoms with van der Waals surface area (Å²) in [4.78, 5) is 12.4. The molecule has 1 N–H and O–H groups in total. The molecule has 1 amide bonds. The molecule has 3 rings (SSSR count). The van der Waals surface area contributed by atoms with Crippen LogP contribution in [0.15, 0.2) is 48.5 Å². The van der Waals surface area contributed by atoms with E-state index in [-0.39, 0.29) is 6.54 Å². The zero-order chi connectivity index (χ0) is 19.6. The van der Waals surface area contributed by atoms with E-state index in [1.54, 1.807) is 0 Å². The van der Waals surface area contributed by atoms with Crippen molar-refractivity contribution in [3.8, 4) is 0 Å². The van der Waals surface area contributed by atoms with Gasteiger partial charge < -0.3 is 5.32 Å². The number of amides is 1. The highest BCUT2D eigenvalue weighted by Crippen LogP contribution is 2.31. The predicted octanol–water partition coefficient (Wildman–Crippen LogP) is 4.64. The molecular formula is C20H20F3N3O. The Morgan fingerprint density at radius 2 is 1.78 bits per heavy atom. The van der Waals surface area contributed by atoms with E-state index >= 15 is 0 Å². The number of benzene rings is 2. The number of alkyl halides is 3. The maximum absolute atomic E-state index is 13.1. The quantitative estimate of drug-likeness (QED) is 0.706. The van der Waals surface area contributed by atoms with E-state index in [1.165, 1.54) is 18.2 Å². The summed E-state index contributed by atoms with van der Waals surface area (Å²) >= 11 is 0. The summed E-state index contributed by atoms with van der Waals surface area (Å²) in [6.07, 6.45) is -4.58. The molecule has 0 radical (unpaired) electrons. The van der Waals surface area contributed by atoms with Gasteiger partial charge in [0.2, 0.25) is 0 Å². The Labute approximate surface area is 155 Å². The molecular weight excluding hydrogens is 355 g/mol. The van der Waals surface area contributed by atoms with Crippen LogP contribution in [0, 0.1) is 5.92 Å². The van der Waals surface area contributed by atoms with Crippen molar-refractivity contribution in [2.45, 2.75) is 33.1 Å². The number of nitrogens with zero attached hydrogens (tertiary/aromatic N) is 2. The number of hydrogen-bond donors (Lipinski definition) is 1. The molecule has 27 heavy (non-hydrogen) atoms. The van der Waals surface area contributed by atoms with Gasteiger partial charge in [-0.3, -0.25) is 9.48 Å². The van der Waals surface area contributed by atoms with Gasteiger partial charge in [-0.2, -0.15) is 18.3 Å². The SMILES string of the molecule is CC(C)Cn1nc(CNC(=O)c2ccccc2C(F)(F)F)c2ccccc21. The third-order valence-electron chi connectivity index (χ3n) is 4.17. The van der Waals surface area contributed by atoms with Crippen LogP contribution in [-0.4, -0.2) is 15.7 Å². The summed E-state index contributed by atoms with van der Waals surface area (Å²) in [5.41, 5.74) is 0.226. The average molecular weight is 375 g/mol.